The van der Waals surface area contributed by atoms with E-state index in [-0.39, 0.29) is 86.4 Å². The van der Waals surface area contributed by atoms with Gasteiger partial charge in [0, 0.05) is 165 Å². The smallest absolute Gasteiger partial charge is 0.419 e. The molecule has 0 aliphatic carbocycles. The van der Waals surface area contributed by atoms with Crippen LogP contribution < -0.4 is 24.7 Å². The van der Waals surface area contributed by atoms with Gasteiger partial charge < -0.3 is 33.6 Å². The summed E-state index contributed by atoms with van der Waals surface area (Å²) in [6, 6.07) is 38.5. The summed E-state index contributed by atoms with van der Waals surface area (Å²) in [5.41, 5.74) is 8.83. The maximum absolute atomic E-state index is 13.4. The maximum Gasteiger partial charge on any atom is 0.419 e. The molecule has 0 saturated carbocycles. The van der Waals surface area contributed by atoms with Gasteiger partial charge in [0.2, 0.25) is 46.0 Å². The summed E-state index contributed by atoms with van der Waals surface area (Å²) in [7, 11) is 0.948. The van der Waals surface area contributed by atoms with E-state index >= 15 is 0 Å². The Hall–Kier alpha value is -12.6. The first-order chi connectivity index (χ1) is 64.7. The van der Waals surface area contributed by atoms with Crippen molar-refractivity contribution < 1.29 is 105 Å². The summed E-state index contributed by atoms with van der Waals surface area (Å²) >= 11 is 6.34. The van der Waals surface area contributed by atoms with Gasteiger partial charge in [0.05, 0.1) is 104 Å². The van der Waals surface area contributed by atoms with Crippen molar-refractivity contribution in [2.75, 3.05) is 55.3 Å². The molecule has 0 saturated heterocycles. The van der Waals surface area contributed by atoms with Crippen molar-refractivity contribution in [2.24, 2.45) is 21.1 Å². The molecule has 734 valence electrons. The van der Waals surface area contributed by atoms with Crippen LogP contribution in [0.25, 0.3) is 22.5 Å². The minimum atomic E-state index is -4.54. The molecule has 3 N–H and O–H groups in total. The normalized spacial score (nSPS) is 11.9. The third-order valence-electron chi connectivity index (χ3n) is 19.7. The third kappa shape index (κ3) is 30.7. The number of methoxy groups -OCH3 is 3. The zero-order valence-electron chi connectivity index (χ0n) is 74.9. The molecule has 7 aromatic heterocycles. The van der Waals surface area contributed by atoms with Crippen LogP contribution in [0.5, 0.6) is 17.2 Å². The van der Waals surface area contributed by atoms with Gasteiger partial charge in [-0.3, -0.25) is 0 Å². The number of benzene rings is 7. The van der Waals surface area contributed by atoms with Gasteiger partial charge in [0.1, 0.15) is 40.5 Å². The molecule has 0 bridgehead atoms. The predicted molar refractivity (Wildman–Crippen MR) is 490 cm³/mol. The van der Waals surface area contributed by atoms with E-state index in [1.165, 1.54) is 89.6 Å². The van der Waals surface area contributed by atoms with Crippen molar-refractivity contribution in [1.82, 2.24) is 86.2 Å². The molecule has 7 heterocycles. The lowest BCUT2D eigenvalue weighted by Crippen LogP contribution is -2.26. The van der Waals surface area contributed by atoms with E-state index in [9.17, 15) is 90.7 Å². The molecule has 30 nitrogen and oxygen atoms in total. The number of halogens is 15. The standard InChI is InChI=1S/C25H24F3N5O3S.C21H19BrF3N3O3S.C17H16F3N5O2S.C15H15BrFNO3S.C6H10N2.C5H4F3N3/c1-32-15-23(31-16-32)22-11-21(37(34,35)33(2)14-17-4-7-20(36-3)8-5-17)9-6-18(22)10-24-29-12-19(13-30-24)25(26,27)28;1-28(13-14-3-6-17(31-2)7-4-14)32(29,30)18-8-5-15(19(22)10-18)9-20-26-11-16(12-27-20)21(23,24)25;1-21-28(26,27)13-4-3-11(14(6-13)15-9-25(2)10-24-15)5-16-22-7-12(8-23-16)17(18,19)20;1-18(10-11-3-5-12(21-2)6-4-11)22(19,20)13-7-8-15(17)14(16)9-13;1-3-6-4-8(2)5-7-6;6-5(7,8)3-1-10-4(9)11-2-3/h4-9,11-13,15-16H,10,14H2,1-3H3;3-8,10-12H,9,13H2,1-2H3;3-4,6-10,21H,5H2,1-2H3;3-9H,10H2,1-2H3;4-5H,3H2,1-2H3;1-2H,(H2,9,10,11). The lowest BCUT2D eigenvalue weighted by atomic mass is 10.0. The number of alkyl halides is 12. The molecule has 49 heteroatoms. The Morgan fingerprint density at radius 3 is 0.957 bits per heavy atom. The van der Waals surface area contributed by atoms with Crippen molar-refractivity contribution >= 4 is 77.9 Å². The molecule has 7 aromatic carbocycles. The Kier molecular flexibility index (Phi) is 37.3. The average Bonchev–Trinajstić information content (AvgIpc) is 1.66. The molecular formula is C89H88Br2F13N19O11S4. The van der Waals surface area contributed by atoms with Crippen molar-refractivity contribution in [3.8, 4) is 39.8 Å². The molecule has 14 aromatic rings. The largest absolute Gasteiger partial charge is 0.497 e. The Bertz CT molecular complexity index is 6910. The molecule has 0 fully saturated rings. The van der Waals surface area contributed by atoms with Crippen LogP contribution in [0.15, 0.2) is 261 Å². The summed E-state index contributed by atoms with van der Waals surface area (Å²) in [5.74, 6) is 1.90. The Morgan fingerprint density at radius 1 is 0.384 bits per heavy atom. The number of aryl methyl sites for hydroxylation is 4. The topological polar surface area (TPSA) is 369 Å². The number of aromatic nitrogens is 14. The highest BCUT2D eigenvalue weighted by atomic mass is 79.9. The molecule has 0 unspecified atom stereocenters. The number of nitrogen functional groups attached to an aromatic ring is 1. The number of ether oxygens (including phenoxy) is 3. The van der Waals surface area contributed by atoms with E-state index in [2.05, 4.69) is 98.3 Å². The van der Waals surface area contributed by atoms with Crippen LogP contribution >= 0.6 is 31.9 Å². The SMILES string of the molecule is CCc1cn(C)cn1.CNS(=O)(=O)c1ccc(Cc2ncc(C(F)(F)F)cn2)c(-c2cn(C)cn2)c1.COc1ccc(CN(C)S(=O)(=O)c2ccc(Cc3ncc(C(F)(F)F)cn3)c(-c3cn(C)cn3)c2)cc1.COc1ccc(CN(C)S(=O)(=O)c2ccc(Cc3ncc(C(F)(F)F)cn3)c(Br)c2)cc1.COc1ccc(CN(C)S(=O)(=O)c2ccc(F)c(Br)c2)cc1.Nc1ncc(C(F)(F)F)cn1. The number of nitrogens with one attached hydrogen (secondary N) is 1. The number of rotatable bonds is 26. The molecule has 0 aliphatic heterocycles. The van der Waals surface area contributed by atoms with Gasteiger partial charge in [0.25, 0.3) is 0 Å². The van der Waals surface area contributed by atoms with Crippen LogP contribution in [-0.4, -0.2) is 165 Å². The van der Waals surface area contributed by atoms with Crippen LogP contribution in [-0.2, 0) is 131 Å². The van der Waals surface area contributed by atoms with Gasteiger partial charge in [-0.05, 0) is 154 Å². The first kappa shape index (κ1) is 109. The molecule has 0 atom stereocenters. The van der Waals surface area contributed by atoms with Crippen LogP contribution in [0, 0.1) is 5.82 Å². The summed E-state index contributed by atoms with van der Waals surface area (Å²) in [4.78, 5) is 42.0. The number of imidazole rings is 3. The van der Waals surface area contributed by atoms with Crippen LogP contribution in [0.3, 0.4) is 0 Å². The Morgan fingerprint density at radius 2 is 0.674 bits per heavy atom. The van der Waals surface area contributed by atoms with Gasteiger partial charge in [-0.15, -0.1) is 0 Å². The Balaban J connectivity index is 0.000000195. The molecule has 0 radical (unpaired) electrons. The second-order valence-electron chi connectivity index (χ2n) is 29.8. The highest BCUT2D eigenvalue weighted by Crippen LogP contribution is 2.36. The van der Waals surface area contributed by atoms with E-state index in [1.807, 2.05) is 24.1 Å². The maximum atomic E-state index is 13.4. The van der Waals surface area contributed by atoms with E-state index in [0.717, 1.165) is 72.1 Å². The summed E-state index contributed by atoms with van der Waals surface area (Å²) in [6.07, 6.45) is -0.513. The lowest BCUT2D eigenvalue weighted by Gasteiger charge is -2.19. The summed E-state index contributed by atoms with van der Waals surface area (Å²) < 4.78 is 292. The number of hydrogen-bond acceptors (Lipinski definition) is 23. The number of anilines is 1. The average molecular weight is 2130 g/mol. The van der Waals surface area contributed by atoms with Gasteiger partial charge in [-0.25, -0.2) is 97.6 Å². The Labute approximate surface area is 802 Å². The highest BCUT2D eigenvalue weighted by molar-refractivity contribution is 9.10. The molecule has 138 heavy (non-hydrogen) atoms. The van der Waals surface area contributed by atoms with Crippen molar-refractivity contribution in [3.63, 3.8) is 0 Å². The zero-order chi connectivity index (χ0) is 102. The second kappa shape index (κ2) is 47.2. The van der Waals surface area contributed by atoms with E-state index in [4.69, 9.17) is 19.9 Å². The van der Waals surface area contributed by atoms with E-state index in [1.54, 1.807) is 161 Å². The van der Waals surface area contributed by atoms with Gasteiger partial charge in [-0.2, -0.15) is 65.6 Å². The first-order valence-corrected chi connectivity index (χ1v) is 47.6. The minimum Gasteiger partial charge on any atom is -0.497 e. The molecule has 14 rings (SSSR count). The lowest BCUT2D eigenvalue weighted by molar-refractivity contribution is -0.138. The fourth-order valence-electron chi connectivity index (χ4n) is 12.1. The van der Waals surface area contributed by atoms with Gasteiger partial charge in [-0.1, -0.05) is 77.5 Å². The molecule has 0 spiro atoms. The van der Waals surface area contributed by atoms with Crippen molar-refractivity contribution in [3.05, 3.63) is 326 Å². The second-order valence-corrected chi connectivity index (χ2v) is 39.5. The molecular weight excluding hydrogens is 2050 g/mol. The summed E-state index contributed by atoms with van der Waals surface area (Å²) in [5, 5.41) is 0. The quantitative estimate of drug-likeness (QED) is 0.0475. The third-order valence-corrected chi connectivity index (χ3v) is 27.9. The molecule has 0 aliphatic rings. The molecule has 0 amide bonds. The monoisotopic (exact) mass is 2130 g/mol. The van der Waals surface area contributed by atoms with Crippen molar-refractivity contribution in [1.29, 1.82) is 0 Å². The predicted octanol–water partition coefficient (Wildman–Crippen LogP) is 16.9. The van der Waals surface area contributed by atoms with Crippen LogP contribution in [0.1, 0.15) is 85.7 Å². The minimum absolute atomic E-state index is 0.0387. The van der Waals surface area contributed by atoms with Crippen molar-refractivity contribution in [2.45, 2.75) is 96.5 Å². The number of hydrogen-bond donors (Lipinski definition) is 2. The zero-order valence-corrected chi connectivity index (χ0v) is 81.3. The van der Waals surface area contributed by atoms with E-state index < -0.39 is 92.9 Å². The van der Waals surface area contributed by atoms with Crippen LogP contribution in [0.4, 0.5) is 63.0 Å². The summed E-state index contributed by atoms with van der Waals surface area (Å²) in [6.45, 7) is 2.63. The number of nitrogens with two attached hydrogens (primary N) is 1. The first-order valence-electron chi connectivity index (χ1n) is 40.2. The number of sulfonamides is 4. The fourth-order valence-corrected chi connectivity index (χ4v) is 17.6. The van der Waals surface area contributed by atoms with Gasteiger partial charge in [0.15, 0.2) is 0 Å². The fraction of sp³-hybridized carbons (Fsp3) is 0.247. The van der Waals surface area contributed by atoms with Crippen LogP contribution in [0.2, 0.25) is 0 Å². The van der Waals surface area contributed by atoms with E-state index in [0.29, 0.717) is 73.3 Å². The van der Waals surface area contributed by atoms with Gasteiger partial charge >= 0.3 is 24.7 Å². The highest BCUT2D eigenvalue weighted by Gasteiger charge is 2.36. The number of nitrogens with zero attached hydrogens (tertiary/aromatic N) is 17.